The van der Waals surface area contributed by atoms with Gasteiger partial charge in [-0.05, 0) is 36.0 Å². The normalized spacial score (nSPS) is 35.7. The van der Waals surface area contributed by atoms with Crippen molar-refractivity contribution >= 4 is 11.6 Å². The molecule has 7 unspecified atom stereocenters. The Morgan fingerprint density at radius 2 is 1.85 bits per heavy atom. The second-order valence-corrected chi connectivity index (χ2v) is 9.65. The van der Waals surface area contributed by atoms with E-state index in [-0.39, 0.29) is 70.9 Å². The number of benzene rings is 2. The Balaban J connectivity index is 1.38. The van der Waals surface area contributed by atoms with Crippen molar-refractivity contribution in [1.29, 1.82) is 0 Å². The number of methoxy groups -OCH3 is 1. The molecule has 0 amide bonds. The highest BCUT2D eigenvalue weighted by Crippen LogP contribution is 2.63. The van der Waals surface area contributed by atoms with Crippen LogP contribution in [-0.4, -0.2) is 57.6 Å². The van der Waals surface area contributed by atoms with E-state index in [1.54, 1.807) is 12.1 Å². The quantitative estimate of drug-likeness (QED) is 0.532. The molecule has 2 aliphatic heterocycles. The number of fused-ring (bicyclic) bond motifs is 2. The summed E-state index contributed by atoms with van der Waals surface area (Å²) in [5.74, 6) is -4.80. The van der Waals surface area contributed by atoms with Crippen molar-refractivity contribution in [2.75, 3.05) is 13.7 Å². The van der Waals surface area contributed by atoms with E-state index in [0.29, 0.717) is 12.2 Å². The minimum Gasteiger partial charge on any atom is -0.508 e. The van der Waals surface area contributed by atoms with Crippen LogP contribution in [-0.2, 0) is 9.53 Å². The fourth-order valence-corrected chi connectivity index (χ4v) is 6.76. The van der Waals surface area contributed by atoms with E-state index in [1.165, 1.54) is 19.2 Å². The molecule has 1 saturated heterocycles. The highest BCUT2D eigenvalue weighted by molar-refractivity contribution is 6.02. The summed E-state index contributed by atoms with van der Waals surface area (Å²) in [6.45, 7) is 0.173. The maximum atomic E-state index is 13.3. The van der Waals surface area contributed by atoms with Gasteiger partial charge in [0.25, 0.3) is 0 Å². The van der Waals surface area contributed by atoms with Gasteiger partial charge in [0.1, 0.15) is 28.9 Å². The summed E-state index contributed by atoms with van der Waals surface area (Å²) in [5.41, 5.74) is 0.841. The van der Waals surface area contributed by atoms with Crippen molar-refractivity contribution in [3.05, 3.63) is 41.5 Å². The van der Waals surface area contributed by atoms with Crippen molar-refractivity contribution in [2.45, 2.75) is 30.7 Å². The fourth-order valence-electron chi connectivity index (χ4n) is 6.76. The Hall–Kier alpha value is -3.30. The monoisotopic (exact) mass is 468 g/mol. The van der Waals surface area contributed by atoms with Gasteiger partial charge in [0.15, 0.2) is 23.1 Å². The van der Waals surface area contributed by atoms with Crippen molar-refractivity contribution in [2.24, 2.45) is 23.7 Å². The fraction of sp³-hybridized carbons (Fsp3) is 0.440. The zero-order valence-electron chi connectivity index (χ0n) is 18.3. The van der Waals surface area contributed by atoms with Crippen molar-refractivity contribution in [3.63, 3.8) is 0 Å². The highest BCUT2D eigenvalue weighted by Gasteiger charge is 2.71. The average molecular weight is 468 g/mol. The number of carbonyl (C=O) groups is 2. The van der Waals surface area contributed by atoms with Gasteiger partial charge < -0.3 is 34.6 Å². The molecule has 9 nitrogen and oxygen atoms in total. The number of hydrogen-bond acceptors (Lipinski definition) is 9. The van der Waals surface area contributed by atoms with Gasteiger partial charge in [0.2, 0.25) is 5.79 Å². The van der Waals surface area contributed by atoms with Gasteiger partial charge in [-0.3, -0.25) is 9.59 Å². The number of aromatic hydroxyl groups is 3. The highest BCUT2D eigenvalue weighted by atomic mass is 16.6. The number of phenolic OH excluding ortho intramolecular Hbond substituents is 3. The molecule has 7 atom stereocenters. The standard InChI is InChI=1S/C25H24O9/c1-32-19-4-10(2-3-15(19)27)21-13-7-12(23-14(21)9-33-25(23,31)24(13)30)18-8-17(29)22-16(28)5-11(26)6-20(22)34-18/h2-6,12-14,18,21,23,26-28,31H,7-9H2,1H3. The summed E-state index contributed by atoms with van der Waals surface area (Å²) in [7, 11) is 1.45. The first kappa shape index (κ1) is 21.2. The van der Waals surface area contributed by atoms with Crippen molar-refractivity contribution < 1.29 is 44.2 Å². The molecular weight excluding hydrogens is 444 g/mol. The zero-order valence-corrected chi connectivity index (χ0v) is 18.3. The molecule has 4 fully saturated rings. The van der Waals surface area contributed by atoms with Crippen LogP contribution in [0.4, 0.5) is 0 Å². The number of carbonyl (C=O) groups excluding carboxylic acids is 2. The summed E-state index contributed by atoms with van der Waals surface area (Å²) in [6, 6.07) is 7.37. The number of ether oxygens (including phenoxy) is 3. The van der Waals surface area contributed by atoms with Gasteiger partial charge in [-0.1, -0.05) is 6.07 Å². The Labute approximate surface area is 194 Å². The van der Waals surface area contributed by atoms with E-state index in [9.17, 15) is 30.0 Å². The molecule has 5 aliphatic rings. The SMILES string of the molecule is COc1cc(C2C3CC(C4CC(=O)c5c(O)cc(O)cc5O4)C4C2COC4(O)C3=O)ccc1O. The lowest BCUT2D eigenvalue weighted by atomic mass is 9.50. The summed E-state index contributed by atoms with van der Waals surface area (Å²) < 4.78 is 17.0. The first-order valence-corrected chi connectivity index (χ1v) is 11.3. The second kappa shape index (κ2) is 7.10. The molecule has 2 heterocycles. The molecule has 0 aromatic heterocycles. The Morgan fingerprint density at radius 3 is 2.62 bits per heavy atom. The van der Waals surface area contributed by atoms with E-state index in [2.05, 4.69) is 0 Å². The molecule has 34 heavy (non-hydrogen) atoms. The first-order valence-electron chi connectivity index (χ1n) is 11.3. The molecule has 9 heteroatoms. The molecule has 4 N–H and O–H groups in total. The Bertz CT molecular complexity index is 1220. The van der Waals surface area contributed by atoms with E-state index in [1.807, 2.05) is 0 Å². The molecular formula is C25H24O9. The van der Waals surface area contributed by atoms with Gasteiger partial charge in [0.05, 0.1) is 13.7 Å². The molecule has 4 bridgehead atoms. The predicted octanol–water partition coefficient (Wildman–Crippen LogP) is 2.10. The van der Waals surface area contributed by atoms with Gasteiger partial charge in [0, 0.05) is 36.3 Å². The third kappa shape index (κ3) is 2.74. The second-order valence-electron chi connectivity index (χ2n) is 9.65. The van der Waals surface area contributed by atoms with E-state index < -0.39 is 23.7 Å². The number of rotatable bonds is 3. The van der Waals surface area contributed by atoms with Gasteiger partial charge in [-0.15, -0.1) is 0 Å². The summed E-state index contributed by atoms with van der Waals surface area (Å²) in [5, 5.41) is 41.3. The third-order valence-electron chi connectivity index (χ3n) is 8.06. The van der Waals surface area contributed by atoms with Crippen molar-refractivity contribution in [1.82, 2.24) is 0 Å². The third-order valence-corrected chi connectivity index (χ3v) is 8.06. The lowest BCUT2D eigenvalue weighted by Crippen LogP contribution is -2.64. The Kier molecular flexibility index (Phi) is 4.44. The number of hydrogen-bond donors (Lipinski definition) is 4. The molecule has 3 aliphatic carbocycles. The number of Topliss-reactive ketones (excluding diaryl/α,β-unsaturated/α-hetero) is 2. The van der Waals surface area contributed by atoms with Crippen LogP contribution >= 0.6 is 0 Å². The van der Waals surface area contributed by atoms with Gasteiger partial charge >= 0.3 is 0 Å². The predicted molar refractivity (Wildman–Crippen MR) is 115 cm³/mol. The molecule has 0 spiro atoms. The van der Waals surface area contributed by atoms with E-state index in [4.69, 9.17) is 14.2 Å². The van der Waals surface area contributed by atoms with Crippen LogP contribution in [0.15, 0.2) is 30.3 Å². The lowest BCUT2D eigenvalue weighted by Gasteiger charge is -2.54. The summed E-state index contributed by atoms with van der Waals surface area (Å²) in [6.07, 6.45) is -0.279. The van der Waals surface area contributed by atoms with Crippen LogP contribution in [0, 0.1) is 23.7 Å². The topological polar surface area (TPSA) is 143 Å². The van der Waals surface area contributed by atoms with E-state index in [0.717, 1.165) is 11.6 Å². The van der Waals surface area contributed by atoms with Crippen LogP contribution < -0.4 is 9.47 Å². The van der Waals surface area contributed by atoms with Crippen LogP contribution in [0.2, 0.25) is 0 Å². The lowest BCUT2D eigenvalue weighted by molar-refractivity contribution is -0.232. The number of phenols is 3. The molecule has 0 radical (unpaired) electrons. The largest absolute Gasteiger partial charge is 0.508 e. The zero-order chi connectivity index (χ0) is 23.9. The van der Waals surface area contributed by atoms with Crippen LogP contribution in [0.3, 0.4) is 0 Å². The van der Waals surface area contributed by atoms with Crippen molar-refractivity contribution in [3.8, 4) is 28.7 Å². The smallest absolute Gasteiger partial charge is 0.230 e. The number of ketones is 2. The Morgan fingerprint density at radius 1 is 1.06 bits per heavy atom. The van der Waals surface area contributed by atoms with Gasteiger partial charge in [-0.2, -0.15) is 0 Å². The summed E-state index contributed by atoms with van der Waals surface area (Å²) in [4.78, 5) is 26.2. The average Bonchev–Trinajstić information content (AvgIpc) is 3.12. The van der Waals surface area contributed by atoms with Crippen LogP contribution in [0.25, 0.3) is 0 Å². The first-order chi connectivity index (χ1) is 16.2. The molecule has 2 aromatic rings. The molecule has 178 valence electrons. The maximum absolute atomic E-state index is 13.3. The summed E-state index contributed by atoms with van der Waals surface area (Å²) >= 11 is 0. The molecule has 7 rings (SSSR count). The van der Waals surface area contributed by atoms with Crippen LogP contribution in [0.5, 0.6) is 28.7 Å². The molecule has 2 aromatic carbocycles. The van der Waals surface area contributed by atoms with Gasteiger partial charge in [-0.25, -0.2) is 0 Å². The van der Waals surface area contributed by atoms with Crippen LogP contribution in [0.1, 0.15) is 34.7 Å². The van der Waals surface area contributed by atoms with E-state index >= 15 is 0 Å². The molecule has 3 saturated carbocycles. The number of aliphatic hydroxyl groups is 1. The minimum absolute atomic E-state index is 0.00473. The maximum Gasteiger partial charge on any atom is 0.230 e. The minimum atomic E-state index is -1.94.